The van der Waals surface area contributed by atoms with Crippen molar-refractivity contribution in [2.24, 2.45) is 5.92 Å². The molecule has 0 aromatic heterocycles. The number of fused-ring (bicyclic) bond motifs is 2. The molecule has 2 fully saturated rings. The molecule has 2 aliphatic heterocycles. The average molecular weight is 186 g/mol. The standard InChI is InChI=1S/C10H18O3/c1-6(2)10-5-12-8(7(3)13-10)9(10)11-4/h6-9H,5H2,1-4H3/t7-,8+,9+,10-/m0/s1. The van der Waals surface area contributed by atoms with Crippen molar-refractivity contribution in [3.8, 4) is 0 Å². The van der Waals surface area contributed by atoms with Crippen LogP contribution in [0.3, 0.4) is 0 Å². The van der Waals surface area contributed by atoms with Crippen LogP contribution < -0.4 is 0 Å². The van der Waals surface area contributed by atoms with Gasteiger partial charge in [-0.2, -0.15) is 0 Å². The van der Waals surface area contributed by atoms with Gasteiger partial charge >= 0.3 is 0 Å². The van der Waals surface area contributed by atoms with Gasteiger partial charge in [0.15, 0.2) is 0 Å². The fraction of sp³-hybridized carbons (Fsp3) is 1.00. The summed E-state index contributed by atoms with van der Waals surface area (Å²) in [5, 5.41) is 0. The van der Waals surface area contributed by atoms with Gasteiger partial charge in [0.1, 0.15) is 17.8 Å². The Hall–Kier alpha value is -0.120. The van der Waals surface area contributed by atoms with Crippen LogP contribution in [0.2, 0.25) is 0 Å². The average Bonchev–Trinajstić information content (AvgIpc) is 2.56. The molecule has 0 aromatic rings. The number of rotatable bonds is 2. The van der Waals surface area contributed by atoms with E-state index in [1.807, 2.05) is 0 Å². The molecule has 2 aliphatic rings. The van der Waals surface area contributed by atoms with Crippen molar-refractivity contribution >= 4 is 0 Å². The smallest absolute Gasteiger partial charge is 0.123 e. The van der Waals surface area contributed by atoms with Crippen LogP contribution in [0.4, 0.5) is 0 Å². The van der Waals surface area contributed by atoms with Gasteiger partial charge in [-0.05, 0) is 12.8 Å². The molecule has 76 valence electrons. The highest BCUT2D eigenvalue weighted by molar-refractivity contribution is 5.09. The molecule has 0 aromatic carbocycles. The third-order valence-corrected chi connectivity index (χ3v) is 3.38. The van der Waals surface area contributed by atoms with Gasteiger partial charge in [-0.1, -0.05) is 13.8 Å². The van der Waals surface area contributed by atoms with Crippen LogP contribution in [0.15, 0.2) is 0 Å². The Morgan fingerprint density at radius 3 is 2.54 bits per heavy atom. The Morgan fingerprint density at radius 2 is 2.15 bits per heavy atom. The molecule has 3 heteroatoms. The van der Waals surface area contributed by atoms with Gasteiger partial charge < -0.3 is 14.2 Å². The molecule has 2 saturated heterocycles. The molecular formula is C10H18O3. The predicted molar refractivity (Wildman–Crippen MR) is 48.7 cm³/mol. The lowest BCUT2D eigenvalue weighted by Crippen LogP contribution is -2.46. The minimum absolute atomic E-state index is 0.113. The largest absolute Gasteiger partial charge is 0.376 e. The quantitative estimate of drug-likeness (QED) is 0.649. The second-order valence-corrected chi connectivity index (χ2v) is 4.36. The lowest BCUT2D eigenvalue weighted by atomic mass is 9.87. The van der Waals surface area contributed by atoms with E-state index < -0.39 is 0 Å². The summed E-state index contributed by atoms with van der Waals surface area (Å²) in [4.78, 5) is 0. The van der Waals surface area contributed by atoms with Crippen LogP contribution in [0.25, 0.3) is 0 Å². The zero-order valence-corrected chi connectivity index (χ0v) is 8.74. The summed E-state index contributed by atoms with van der Waals surface area (Å²) in [6.45, 7) is 7.06. The van der Waals surface area contributed by atoms with E-state index in [0.717, 1.165) is 0 Å². The molecule has 0 unspecified atom stereocenters. The third kappa shape index (κ3) is 1.07. The summed E-state index contributed by atoms with van der Waals surface area (Å²) in [5.41, 5.74) is -0.196. The second kappa shape index (κ2) is 2.94. The summed E-state index contributed by atoms with van der Waals surface area (Å²) in [5.74, 6) is 0.437. The molecule has 3 nitrogen and oxygen atoms in total. The summed E-state index contributed by atoms with van der Waals surface area (Å²) in [6.07, 6.45) is 0.413. The van der Waals surface area contributed by atoms with Gasteiger partial charge in [0.25, 0.3) is 0 Å². The summed E-state index contributed by atoms with van der Waals surface area (Å²) >= 11 is 0. The van der Waals surface area contributed by atoms with Gasteiger partial charge in [0.2, 0.25) is 0 Å². The summed E-state index contributed by atoms with van der Waals surface area (Å²) in [6, 6.07) is 0. The number of ether oxygens (including phenoxy) is 3. The third-order valence-electron chi connectivity index (χ3n) is 3.38. The van der Waals surface area contributed by atoms with Crippen molar-refractivity contribution in [3.05, 3.63) is 0 Å². The van der Waals surface area contributed by atoms with Gasteiger partial charge in [0.05, 0.1) is 12.7 Å². The lowest BCUT2D eigenvalue weighted by Gasteiger charge is -2.33. The molecule has 2 bridgehead atoms. The van der Waals surface area contributed by atoms with E-state index in [4.69, 9.17) is 14.2 Å². The van der Waals surface area contributed by atoms with E-state index >= 15 is 0 Å². The Bertz CT molecular complexity index is 204. The summed E-state index contributed by atoms with van der Waals surface area (Å²) in [7, 11) is 1.74. The maximum Gasteiger partial charge on any atom is 0.123 e. The zero-order chi connectivity index (χ0) is 9.64. The van der Waals surface area contributed by atoms with Gasteiger partial charge in [-0.25, -0.2) is 0 Å². The Morgan fingerprint density at radius 1 is 1.46 bits per heavy atom. The van der Waals surface area contributed by atoms with E-state index in [1.54, 1.807) is 7.11 Å². The molecule has 0 aliphatic carbocycles. The molecule has 0 radical (unpaired) electrons. The van der Waals surface area contributed by atoms with Crippen LogP contribution in [0.1, 0.15) is 20.8 Å². The van der Waals surface area contributed by atoms with Crippen LogP contribution in [-0.2, 0) is 14.2 Å². The monoisotopic (exact) mass is 186 g/mol. The maximum atomic E-state index is 5.96. The fourth-order valence-corrected chi connectivity index (χ4v) is 2.53. The normalized spacial score (nSPS) is 49.2. The molecule has 2 rings (SSSR count). The highest BCUT2D eigenvalue weighted by Gasteiger charge is 2.61. The minimum Gasteiger partial charge on any atom is -0.376 e. The topological polar surface area (TPSA) is 27.7 Å². The Kier molecular flexibility index (Phi) is 2.13. The first-order chi connectivity index (χ1) is 6.12. The van der Waals surface area contributed by atoms with Crippen molar-refractivity contribution in [1.29, 1.82) is 0 Å². The van der Waals surface area contributed by atoms with E-state index in [9.17, 15) is 0 Å². The first-order valence-corrected chi connectivity index (χ1v) is 4.94. The first kappa shape index (κ1) is 9.44. The minimum atomic E-state index is -0.196. The van der Waals surface area contributed by atoms with E-state index in [0.29, 0.717) is 12.5 Å². The molecule has 2 heterocycles. The molecule has 0 spiro atoms. The number of methoxy groups -OCH3 is 1. The first-order valence-electron chi connectivity index (χ1n) is 4.94. The Balaban J connectivity index is 2.27. The number of hydrogen-bond donors (Lipinski definition) is 0. The van der Waals surface area contributed by atoms with E-state index in [-0.39, 0.29) is 23.9 Å². The second-order valence-electron chi connectivity index (χ2n) is 4.36. The highest BCUT2D eigenvalue weighted by atomic mass is 16.7. The van der Waals surface area contributed by atoms with E-state index in [2.05, 4.69) is 20.8 Å². The molecule has 13 heavy (non-hydrogen) atoms. The van der Waals surface area contributed by atoms with E-state index in [1.165, 1.54) is 0 Å². The van der Waals surface area contributed by atoms with Crippen molar-refractivity contribution in [2.45, 2.75) is 44.7 Å². The zero-order valence-electron chi connectivity index (χ0n) is 8.74. The van der Waals surface area contributed by atoms with Gasteiger partial charge in [0, 0.05) is 7.11 Å². The van der Waals surface area contributed by atoms with Gasteiger partial charge in [-0.3, -0.25) is 0 Å². The molecule has 0 N–H and O–H groups in total. The summed E-state index contributed by atoms with van der Waals surface area (Å²) < 4.78 is 17.1. The van der Waals surface area contributed by atoms with Crippen LogP contribution in [0, 0.1) is 5.92 Å². The van der Waals surface area contributed by atoms with Crippen molar-refractivity contribution in [3.63, 3.8) is 0 Å². The predicted octanol–water partition coefficient (Wildman–Crippen LogP) is 1.21. The maximum absolute atomic E-state index is 5.96. The Labute approximate surface area is 79.4 Å². The van der Waals surface area contributed by atoms with Crippen molar-refractivity contribution in [1.82, 2.24) is 0 Å². The van der Waals surface area contributed by atoms with Crippen LogP contribution in [0.5, 0.6) is 0 Å². The van der Waals surface area contributed by atoms with Gasteiger partial charge in [-0.15, -0.1) is 0 Å². The number of hydrogen-bond acceptors (Lipinski definition) is 3. The van der Waals surface area contributed by atoms with Crippen LogP contribution in [-0.4, -0.2) is 37.6 Å². The highest BCUT2D eigenvalue weighted by Crippen LogP contribution is 2.45. The van der Waals surface area contributed by atoms with Crippen molar-refractivity contribution in [2.75, 3.05) is 13.7 Å². The molecular weight excluding hydrogens is 168 g/mol. The van der Waals surface area contributed by atoms with Crippen LogP contribution >= 0.6 is 0 Å². The molecule has 0 amide bonds. The lowest BCUT2D eigenvalue weighted by molar-refractivity contribution is -0.159. The molecule has 0 saturated carbocycles. The van der Waals surface area contributed by atoms with Crippen molar-refractivity contribution < 1.29 is 14.2 Å². The SMILES string of the molecule is CO[C@@H]1[C@@H]2OC[C@@]1(C(C)C)O[C@H]2C. The molecule has 4 atom stereocenters. The fourth-order valence-electron chi connectivity index (χ4n) is 2.53.